The van der Waals surface area contributed by atoms with Crippen molar-refractivity contribution in [3.63, 3.8) is 0 Å². The molecule has 1 aliphatic carbocycles. The number of hydrogen-bond donors (Lipinski definition) is 4. The number of thioether (sulfide) groups is 1. The Hall–Kier alpha value is -2.59. The highest BCUT2D eigenvalue weighted by molar-refractivity contribution is 8.00. The Balaban J connectivity index is 1.71. The van der Waals surface area contributed by atoms with E-state index in [0.29, 0.717) is 18.4 Å². The molecule has 0 aromatic heterocycles. The van der Waals surface area contributed by atoms with Crippen LogP contribution >= 0.6 is 11.8 Å². The largest absolute Gasteiger partial charge is 0.477 e. The Labute approximate surface area is 159 Å². The number of carbonyl (C=O) groups is 4. The standard InChI is InChI=1S/C17H20N4O5S/c18-10(22)6-9-7-27-16-12(15(24)21(16)13(9)17(25)26)20-14(23)11(19)8-4-2-1-3-5-8/h1-2,5,11-12,16H,3-4,6-7,19H2,(H2,18,22)(H,20,23)(H,25,26)/t11-,12-,16-/m1/s1. The third kappa shape index (κ3) is 3.62. The van der Waals surface area contributed by atoms with Crippen molar-refractivity contribution < 1.29 is 24.3 Å². The normalized spacial score (nSPS) is 25.3. The molecule has 3 aliphatic rings. The van der Waals surface area contributed by atoms with Gasteiger partial charge in [-0.05, 0) is 24.0 Å². The molecular formula is C17H20N4O5S. The van der Waals surface area contributed by atoms with Gasteiger partial charge in [0.2, 0.25) is 11.8 Å². The number of allylic oxidation sites excluding steroid dienone is 3. The van der Waals surface area contributed by atoms with Gasteiger partial charge in [-0.25, -0.2) is 4.79 Å². The van der Waals surface area contributed by atoms with Crippen LogP contribution in [-0.4, -0.2) is 56.9 Å². The predicted molar refractivity (Wildman–Crippen MR) is 97.9 cm³/mol. The van der Waals surface area contributed by atoms with Gasteiger partial charge in [0.1, 0.15) is 23.2 Å². The summed E-state index contributed by atoms with van der Waals surface area (Å²) in [5, 5.41) is 11.5. The Morgan fingerprint density at radius 1 is 1.37 bits per heavy atom. The second-order valence-electron chi connectivity index (χ2n) is 6.46. The number of hydrogen-bond acceptors (Lipinski definition) is 6. The van der Waals surface area contributed by atoms with Crippen molar-refractivity contribution >= 4 is 35.5 Å². The minimum absolute atomic E-state index is 0.225. The summed E-state index contributed by atoms with van der Waals surface area (Å²) in [6, 6.07) is -1.71. The average molecular weight is 392 g/mol. The van der Waals surface area contributed by atoms with E-state index in [9.17, 15) is 24.3 Å². The number of rotatable bonds is 6. The maximum Gasteiger partial charge on any atom is 0.352 e. The average Bonchev–Trinajstić information content (AvgIpc) is 2.64. The minimum atomic E-state index is -1.30. The molecule has 3 amide bonds. The molecule has 0 unspecified atom stereocenters. The fourth-order valence-electron chi connectivity index (χ4n) is 3.31. The van der Waals surface area contributed by atoms with Crippen molar-refractivity contribution in [1.82, 2.24) is 10.2 Å². The fraction of sp³-hybridized carbons (Fsp3) is 0.412. The van der Waals surface area contributed by atoms with E-state index in [4.69, 9.17) is 11.5 Å². The van der Waals surface area contributed by atoms with Crippen LogP contribution in [-0.2, 0) is 19.2 Å². The van der Waals surface area contributed by atoms with E-state index >= 15 is 0 Å². The van der Waals surface area contributed by atoms with Gasteiger partial charge < -0.3 is 21.9 Å². The SMILES string of the molecule is NC(=O)CC1=C(C(=O)O)N2C(=O)[C@@H](NC(=O)[C@H](N)C3=CCC=CC3)[C@H]2SC1. The first-order valence-corrected chi connectivity index (χ1v) is 9.44. The summed E-state index contributed by atoms with van der Waals surface area (Å²) in [6.45, 7) is 0. The van der Waals surface area contributed by atoms with Gasteiger partial charge in [-0.3, -0.25) is 19.3 Å². The van der Waals surface area contributed by atoms with Crippen molar-refractivity contribution in [3.05, 3.63) is 35.1 Å². The molecule has 2 heterocycles. The highest BCUT2D eigenvalue weighted by Gasteiger charge is 2.54. The van der Waals surface area contributed by atoms with Gasteiger partial charge in [0, 0.05) is 5.75 Å². The summed E-state index contributed by atoms with van der Waals surface area (Å²) in [7, 11) is 0. The zero-order valence-corrected chi connectivity index (χ0v) is 15.2. The number of fused-ring (bicyclic) bond motifs is 1. The maximum atomic E-state index is 12.5. The Kier molecular flexibility index (Phi) is 5.38. The van der Waals surface area contributed by atoms with Crippen molar-refractivity contribution in [1.29, 1.82) is 0 Å². The van der Waals surface area contributed by atoms with Gasteiger partial charge in [0.05, 0.1) is 6.42 Å². The number of β-lactam (4-membered cyclic amide) rings is 1. The highest BCUT2D eigenvalue weighted by Crippen LogP contribution is 2.41. The summed E-state index contributed by atoms with van der Waals surface area (Å²) >= 11 is 1.28. The molecule has 10 heteroatoms. The molecule has 1 saturated heterocycles. The number of aliphatic carboxylic acids is 1. The van der Waals surface area contributed by atoms with Gasteiger partial charge in [0.15, 0.2) is 0 Å². The van der Waals surface area contributed by atoms with E-state index in [0.717, 1.165) is 10.5 Å². The van der Waals surface area contributed by atoms with Crippen LogP contribution in [0.25, 0.3) is 0 Å². The lowest BCUT2D eigenvalue weighted by molar-refractivity contribution is -0.150. The fourth-order valence-corrected chi connectivity index (χ4v) is 4.66. The molecular weight excluding hydrogens is 372 g/mol. The summed E-state index contributed by atoms with van der Waals surface area (Å²) < 4.78 is 0. The predicted octanol–water partition coefficient (Wildman–Crippen LogP) is -0.796. The Morgan fingerprint density at radius 2 is 2.11 bits per heavy atom. The number of nitrogens with one attached hydrogen (secondary N) is 1. The maximum absolute atomic E-state index is 12.5. The third-order valence-corrected chi connectivity index (χ3v) is 5.99. The number of carboxylic acid groups (broad SMARTS) is 1. The molecule has 0 saturated carbocycles. The van der Waals surface area contributed by atoms with Gasteiger partial charge in [0.25, 0.3) is 5.91 Å². The van der Waals surface area contributed by atoms with Crippen LogP contribution in [0.4, 0.5) is 0 Å². The molecule has 1 fully saturated rings. The van der Waals surface area contributed by atoms with Crippen molar-refractivity contribution in [2.24, 2.45) is 11.5 Å². The van der Waals surface area contributed by atoms with E-state index in [1.54, 1.807) is 0 Å². The van der Waals surface area contributed by atoms with Crippen LogP contribution in [0.15, 0.2) is 35.1 Å². The van der Waals surface area contributed by atoms with E-state index in [2.05, 4.69) is 5.32 Å². The molecule has 0 aromatic carbocycles. The summed E-state index contributed by atoms with van der Waals surface area (Å²) in [6.07, 6.45) is 6.86. The molecule has 0 spiro atoms. The molecule has 3 atom stereocenters. The number of amides is 3. The minimum Gasteiger partial charge on any atom is -0.477 e. The number of carboxylic acids is 1. The van der Waals surface area contributed by atoms with E-state index in [-0.39, 0.29) is 17.9 Å². The van der Waals surface area contributed by atoms with Crippen molar-refractivity contribution in [2.75, 3.05) is 5.75 Å². The van der Waals surface area contributed by atoms with Gasteiger partial charge >= 0.3 is 5.97 Å². The lowest BCUT2D eigenvalue weighted by atomic mass is 9.97. The number of carbonyl (C=O) groups excluding carboxylic acids is 3. The molecule has 0 bridgehead atoms. The molecule has 0 aromatic rings. The molecule has 9 nitrogen and oxygen atoms in total. The number of nitrogens with two attached hydrogens (primary N) is 2. The number of primary amides is 1. The first kappa shape index (κ1) is 19.2. The zero-order valence-electron chi connectivity index (χ0n) is 14.4. The van der Waals surface area contributed by atoms with Crippen LogP contribution in [0.5, 0.6) is 0 Å². The van der Waals surface area contributed by atoms with Gasteiger partial charge in [-0.1, -0.05) is 18.2 Å². The lowest BCUT2D eigenvalue weighted by Crippen LogP contribution is -2.71. The summed E-state index contributed by atoms with van der Waals surface area (Å²) in [5.41, 5.74) is 12.0. The molecule has 6 N–H and O–H groups in total. The van der Waals surface area contributed by atoms with Crippen LogP contribution in [0, 0.1) is 0 Å². The quantitative estimate of drug-likeness (QED) is 0.341. The Bertz CT molecular complexity index is 803. The lowest BCUT2D eigenvalue weighted by Gasteiger charge is -2.49. The molecule has 2 aliphatic heterocycles. The topological polar surface area (TPSA) is 156 Å². The molecule has 27 heavy (non-hydrogen) atoms. The summed E-state index contributed by atoms with van der Waals surface area (Å²) in [5.74, 6) is -2.73. The third-order valence-electron chi connectivity index (χ3n) is 4.65. The Morgan fingerprint density at radius 3 is 2.70 bits per heavy atom. The second kappa shape index (κ2) is 7.57. The number of nitrogens with zero attached hydrogens (tertiary/aromatic N) is 1. The first-order valence-electron chi connectivity index (χ1n) is 8.39. The first-order chi connectivity index (χ1) is 12.8. The summed E-state index contributed by atoms with van der Waals surface area (Å²) in [4.78, 5) is 48.8. The second-order valence-corrected chi connectivity index (χ2v) is 7.57. The molecule has 3 rings (SSSR count). The van der Waals surface area contributed by atoms with Crippen LogP contribution in [0.2, 0.25) is 0 Å². The van der Waals surface area contributed by atoms with Crippen LogP contribution in [0.1, 0.15) is 19.3 Å². The highest BCUT2D eigenvalue weighted by atomic mass is 32.2. The van der Waals surface area contributed by atoms with Crippen molar-refractivity contribution in [2.45, 2.75) is 36.7 Å². The van der Waals surface area contributed by atoms with Crippen LogP contribution in [0.3, 0.4) is 0 Å². The zero-order chi connectivity index (χ0) is 19.7. The van der Waals surface area contributed by atoms with Crippen LogP contribution < -0.4 is 16.8 Å². The van der Waals surface area contributed by atoms with E-state index < -0.39 is 41.1 Å². The van der Waals surface area contributed by atoms with Crippen molar-refractivity contribution in [3.8, 4) is 0 Å². The van der Waals surface area contributed by atoms with E-state index in [1.165, 1.54) is 11.8 Å². The smallest absolute Gasteiger partial charge is 0.352 e. The molecule has 144 valence electrons. The molecule has 0 radical (unpaired) electrons. The van der Waals surface area contributed by atoms with E-state index in [1.807, 2.05) is 18.2 Å². The van der Waals surface area contributed by atoms with Gasteiger partial charge in [-0.2, -0.15) is 0 Å². The monoisotopic (exact) mass is 392 g/mol. The van der Waals surface area contributed by atoms with Gasteiger partial charge in [-0.15, -0.1) is 11.8 Å².